The Hall–Kier alpha value is -2.97. The molecule has 6 rings (SSSR count). The van der Waals surface area contributed by atoms with Crippen LogP contribution in [0.15, 0.2) is 28.9 Å². The van der Waals surface area contributed by atoms with Crippen molar-refractivity contribution in [3.05, 3.63) is 53.3 Å². The Kier molecular flexibility index (Phi) is 9.77. The molecule has 3 saturated heterocycles. The molecule has 0 unspecified atom stereocenters. The van der Waals surface area contributed by atoms with Gasteiger partial charge in [-0.15, -0.1) is 5.10 Å². The molecule has 2 N–H and O–H groups in total. The number of hydrogen-bond donors (Lipinski definition) is 2. The van der Waals surface area contributed by atoms with E-state index in [9.17, 15) is 31.8 Å². The highest BCUT2D eigenvalue weighted by Gasteiger charge is 2.47. The summed E-state index contributed by atoms with van der Waals surface area (Å²) in [7, 11) is -2.15. The van der Waals surface area contributed by atoms with Crippen LogP contribution in [0.3, 0.4) is 0 Å². The first kappa shape index (κ1) is 33.0. The molecule has 0 aliphatic carbocycles. The smallest absolute Gasteiger partial charge is 0.282 e. The van der Waals surface area contributed by atoms with Crippen LogP contribution >= 0.6 is 0 Å². The van der Waals surface area contributed by atoms with Crippen molar-refractivity contribution in [2.75, 3.05) is 53.1 Å². The van der Waals surface area contributed by atoms with E-state index < -0.39 is 64.7 Å². The van der Waals surface area contributed by atoms with Crippen LogP contribution in [-0.4, -0.2) is 125 Å². The number of aromatic nitrogens is 4. The van der Waals surface area contributed by atoms with E-state index in [4.69, 9.17) is 18.7 Å². The van der Waals surface area contributed by atoms with Crippen LogP contribution in [0.2, 0.25) is 0 Å². The van der Waals surface area contributed by atoms with Crippen molar-refractivity contribution in [1.82, 2.24) is 28.8 Å². The standard InChI is InChI=1S/C28H35F3N6O8S/c1-42-28-23(13-18-12-22(45-33-18)16-2-4-35(5-3-16)46(40,41)36-6-8-43-9-7-36)44-24(15-38)27(39)26(28)37-14-21(32-34-37)17-10-19(29)25(31)20(30)11-17/h10-12,14,16,23-24,26-28,38-39H,2-9,13,15H2,1H3/t23-,24-,26+,27+,28+/m1/s1. The van der Waals surface area contributed by atoms with Crippen molar-refractivity contribution in [3.63, 3.8) is 0 Å². The van der Waals surface area contributed by atoms with Crippen molar-refractivity contribution >= 4 is 10.2 Å². The van der Waals surface area contributed by atoms with Gasteiger partial charge in [0.25, 0.3) is 10.2 Å². The molecule has 0 amide bonds. The lowest BCUT2D eigenvalue weighted by atomic mass is 9.90. The molecule has 3 aromatic rings. The molecule has 0 saturated carbocycles. The Bertz CT molecular complexity index is 1590. The second-order valence-corrected chi connectivity index (χ2v) is 13.5. The first-order valence-corrected chi connectivity index (χ1v) is 16.3. The lowest BCUT2D eigenvalue weighted by Gasteiger charge is -2.43. The van der Waals surface area contributed by atoms with Gasteiger partial charge < -0.3 is 28.9 Å². The zero-order valence-electron chi connectivity index (χ0n) is 24.9. The first-order chi connectivity index (χ1) is 22.1. The normalized spacial score (nSPS) is 27.3. The summed E-state index contributed by atoms with van der Waals surface area (Å²) in [6.07, 6.45) is -1.34. The summed E-state index contributed by atoms with van der Waals surface area (Å²) in [6, 6.07) is 2.41. The van der Waals surface area contributed by atoms with Gasteiger partial charge in [-0.1, -0.05) is 10.4 Å². The van der Waals surface area contributed by atoms with Crippen LogP contribution in [0.5, 0.6) is 0 Å². The molecule has 3 aliphatic heterocycles. The third-order valence-corrected chi connectivity index (χ3v) is 10.8. The van der Waals surface area contributed by atoms with E-state index in [1.165, 1.54) is 26.6 Å². The third-order valence-electron chi connectivity index (χ3n) is 8.80. The number of methoxy groups -OCH3 is 1. The fourth-order valence-electron chi connectivity index (χ4n) is 6.32. The Morgan fingerprint density at radius 1 is 1.02 bits per heavy atom. The second kappa shape index (κ2) is 13.6. The number of piperidine rings is 1. The Morgan fingerprint density at radius 3 is 2.35 bits per heavy atom. The van der Waals surface area contributed by atoms with E-state index in [0.29, 0.717) is 63.7 Å². The van der Waals surface area contributed by atoms with Crippen molar-refractivity contribution in [2.45, 2.75) is 55.6 Å². The fraction of sp³-hybridized carbons (Fsp3) is 0.607. The summed E-state index contributed by atoms with van der Waals surface area (Å²) in [5.41, 5.74) is 0.482. The molecule has 0 spiro atoms. The van der Waals surface area contributed by atoms with Crippen LogP contribution in [0.4, 0.5) is 13.2 Å². The molecule has 46 heavy (non-hydrogen) atoms. The number of hydrogen-bond acceptors (Lipinski definition) is 11. The lowest BCUT2D eigenvalue weighted by molar-refractivity contribution is -0.212. The van der Waals surface area contributed by atoms with Crippen LogP contribution in [-0.2, 0) is 30.8 Å². The highest BCUT2D eigenvalue weighted by molar-refractivity contribution is 7.86. The molecular weight excluding hydrogens is 637 g/mol. The summed E-state index contributed by atoms with van der Waals surface area (Å²) in [4.78, 5) is 0. The number of aliphatic hydroxyl groups excluding tert-OH is 2. The molecule has 0 bridgehead atoms. The van der Waals surface area contributed by atoms with Crippen LogP contribution in [0, 0.1) is 17.5 Å². The Labute approximate surface area is 262 Å². The number of rotatable bonds is 9. The van der Waals surface area contributed by atoms with Crippen molar-refractivity contribution in [3.8, 4) is 11.3 Å². The minimum atomic E-state index is -3.57. The van der Waals surface area contributed by atoms with Gasteiger partial charge >= 0.3 is 0 Å². The summed E-state index contributed by atoms with van der Waals surface area (Å²) in [5.74, 6) is -3.82. The molecule has 2 aromatic heterocycles. The predicted octanol–water partition coefficient (Wildman–Crippen LogP) is 1.03. The highest BCUT2D eigenvalue weighted by Crippen LogP contribution is 2.35. The minimum absolute atomic E-state index is 0.0216. The molecule has 252 valence electrons. The fourth-order valence-corrected chi connectivity index (χ4v) is 7.93. The zero-order valence-corrected chi connectivity index (χ0v) is 25.7. The second-order valence-electron chi connectivity index (χ2n) is 11.5. The van der Waals surface area contributed by atoms with Crippen molar-refractivity contribution < 1.29 is 50.5 Å². The van der Waals surface area contributed by atoms with Gasteiger partial charge in [-0.05, 0) is 25.0 Å². The van der Waals surface area contributed by atoms with E-state index in [0.717, 1.165) is 12.1 Å². The molecule has 0 radical (unpaired) electrons. The van der Waals surface area contributed by atoms with Gasteiger partial charge in [0.15, 0.2) is 17.5 Å². The van der Waals surface area contributed by atoms with Crippen LogP contribution in [0.1, 0.15) is 36.3 Å². The minimum Gasteiger partial charge on any atom is -0.394 e. The summed E-state index contributed by atoms with van der Waals surface area (Å²) in [5, 5.41) is 33.3. The maximum atomic E-state index is 13.9. The van der Waals surface area contributed by atoms with E-state index in [-0.39, 0.29) is 23.6 Å². The molecule has 18 heteroatoms. The average molecular weight is 673 g/mol. The molecule has 5 heterocycles. The number of halogens is 3. The number of morpholine rings is 1. The topological polar surface area (TPSA) is 166 Å². The number of nitrogens with zero attached hydrogens (tertiary/aromatic N) is 6. The monoisotopic (exact) mass is 672 g/mol. The maximum Gasteiger partial charge on any atom is 0.282 e. The average Bonchev–Trinajstić information content (AvgIpc) is 3.75. The molecular formula is C28H35F3N6O8S. The van der Waals surface area contributed by atoms with Gasteiger partial charge in [-0.3, -0.25) is 0 Å². The van der Waals surface area contributed by atoms with Gasteiger partial charge in [-0.2, -0.15) is 17.0 Å². The Balaban J connectivity index is 1.15. The van der Waals surface area contributed by atoms with E-state index >= 15 is 0 Å². The molecule has 1 aromatic carbocycles. The highest BCUT2D eigenvalue weighted by atomic mass is 32.2. The predicted molar refractivity (Wildman–Crippen MR) is 152 cm³/mol. The summed E-state index contributed by atoms with van der Waals surface area (Å²) in [6.45, 7) is 1.57. The van der Waals surface area contributed by atoms with Gasteiger partial charge in [0.1, 0.15) is 35.8 Å². The lowest BCUT2D eigenvalue weighted by Crippen LogP contribution is -2.57. The first-order valence-electron chi connectivity index (χ1n) is 14.9. The number of benzene rings is 1. The van der Waals surface area contributed by atoms with Gasteiger partial charge in [0.05, 0.1) is 37.8 Å². The summed E-state index contributed by atoms with van der Waals surface area (Å²) >= 11 is 0. The van der Waals surface area contributed by atoms with Crippen LogP contribution in [0.25, 0.3) is 11.3 Å². The van der Waals surface area contributed by atoms with E-state index in [2.05, 4.69) is 15.5 Å². The third kappa shape index (κ3) is 6.44. The van der Waals surface area contributed by atoms with Gasteiger partial charge in [0.2, 0.25) is 0 Å². The molecule has 14 nitrogen and oxygen atoms in total. The maximum absolute atomic E-state index is 13.9. The number of ether oxygens (including phenoxy) is 3. The molecule has 3 aliphatic rings. The largest absolute Gasteiger partial charge is 0.394 e. The van der Waals surface area contributed by atoms with Crippen LogP contribution < -0.4 is 0 Å². The van der Waals surface area contributed by atoms with Gasteiger partial charge in [0, 0.05) is 57.3 Å². The van der Waals surface area contributed by atoms with Gasteiger partial charge in [-0.25, -0.2) is 17.9 Å². The summed E-state index contributed by atoms with van der Waals surface area (Å²) < 4.78 is 94.1. The van der Waals surface area contributed by atoms with Crippen molar-refractivity contribution in [1.29, 1.82) is 0 Å². The van der Waals surface area contributed by atoms with Crippen molar-refractivity contribution in [2.24, 2.45) is 0 Å². The Morgan fingerprint density at radius 2 is 1.70 bits per heavy atom. The van der Waals surface area contributed by atoms with E-state index in [1.807, 2.05) is 0 Å². The SMILES string of the molecule is CO[C@@H]1[C@@H](n2cc(-c3cc(F)c(F)c(F)c3)nn2)[C@@H](O)[C@@H](CO)O[C@@H]1Cc1cc(C2CCN(S(=O)(=O)N3CCOCC3)CC2)on1. The molecule has 5 atom stereocenters. The molecule has 3 fully saturated rings. The van der Waals surface area contributed by atoms with E-state index in [1.54, 1.807) is 6.07 Å². The zero-order chi connectivity index (χ0) is 32.6. The quantitative estimate of drug-likeness (QED) is 0.312. The number of aliphatic hydroxyl groups is 2.